The number of para-hydroxylation sites is 1. The van der Waals surface area contributed by atoms with Crippen molar-refractivity contribution in [3.63, 3.8) is 0 Å². The number of sulfonamides is 1. The molecule has 10 heteroatoms. The predicted molar refractivity (Wildman–Crippen MR) is 109 cm³/mol. The number of amides is 1. The Labute approximate surface area is 174 Å². The topological polar surface area (TPSA) is 118 Å². The summed E-state index contributed by atoms with van der Waals surface area (Å²) in [4.78, 5) is 21.1. The Morgan fingerprint density at radius 2 is 1.93 bits per heavy atom. The lowest BCUT2D eigenvalue weighted by molar-refractivity contribution is -0.120. The lowest BCUT2D eigenvalue weighted by Gasteiger charge is -2.30. The third-order valence-corrected chi connectivity index (χ3v) is 6.93. The SMILES string of the molecule is Cc1nc(-c2ccccc2NC(=O)C2CCN(S(=O)(=O)c3cccnc3)CC2)no1. The van der Waals surface area contributed by atoms with E-state index in [9.17, 15) is 13.2 Å². The highest BCUT2D eigenvalue weighted by Gasteiger charge is 2.32. The number of nitrogens with one attached hydrogen (secondary N) is 1. The number of rotatable bonds is 5. The molecular formula is C20H21N5O4S. The summed E-state index contributed by atoms with van der Waals surface area (Å²) in [5, 5.41) is 6.85. The molecule has 1 saturated heterocycles. The van der Waals surface area contributed by atoms with Crippen LogP contribution < -0.4 is 5.32 Å². The minimum atomic E-state index is -3.60. The average molecular weight is 427 g/mol. The van der Waals surface area contributed by atoms with Crippen LogP contribution >= 0.6 is 0 Å². The van der Waals surface area contributed by atoms with Crippen LogP contribution in [0.2, 0.25) is 0 Å². The third kappa shape index (κ3) is 4.10. The van der Waals surface area contributed by atoms with E-state index in [4.69, 9.17) is 4.52 Å². The van der Waals surface area contributed by atoms with Gasteiger partial charge in [-0.05, 0) is 37.1 Å². The van der Waals surface area contributed by atoms with Crippen LogP contribution in [0.4, 0.5) is 5.69 Å². The highest BCUT2D eigenvalue weighted by Crippen LogP contribution is 2.28. The second kappa shape index (κ2) is 8.33. The number of piperidine rings is 1. The normalized spacial score (nSPS) is 15.8. The molecule has 2 aromatic heterocycles. The maximum atomic E-state index is 12.8. The van der Waals surface area contributed by atoms with E-state index in [-0.39, 0.29) is 29.8 Å². The molecule has 1 fully saturated rings. The minimum absolute atomic E-state index is 0.152. The smallest absolute Gasteiger partial charge is 0.244 e. The van der Waals surface area contributed by atoms with Gasteiger partial charge in [-0.2, -0.15) is 9.29 Å². The number of nitrogens with zero attached hydrogens (tertiary/aromatic N) is 4. The molecule has 1 aromatic carbocycles. The fourth-order valence-electron chi connectivity index (χ4n) is 3.44. The summed E-state index contributed by atoms with van der Waals surface area (Å²) in [6.45, 7) is 2.26. The second-order valence-electron chi connectivity index (χ2n) is 7.04. The van der Waals surface area contributed by atoms with Crippen LogP contribution in [-0.2, 0) is 14.8 Å². The van der Waals surface area contributed by atoms with Crippen LogP contribution in [0.25, 0.3) is 11.4 Å². The van der Waals surface area contributed by atoms with Gasteiger partial charge in [0.2, 0.25) is 27.6 Å². The van der Waals surface area contributed by atoms with Gasteiger partial charge in [0.05, 0.1) is 5.69 Å². The molecule has 9 nitrogen and oxygen atoms in total. The summed E-state index contributed by atoms with van der Waals surface area (Å²) >= 11 is 0. The second-order valence-corrected chi connectivity index (χ2v) is 8.98. The van der Waals surface area contributed by atoms with E-state index >= 15 is 0 Å². The van der Waals surface area contributed by atoms with Crippen molar-refractivity contribution < 1.29 is 17.7 Å². The standard InChI is InChI=1S/C20H21N5O4S/c1-14-22-19(24-29-14)17-6-2-3-7-18(17)23-20(26)15-8-11-25(12-9-15)30(27,28)16-5-4-10-21-13-16/h2-7,10,13,15H,8-9,11-12H2,1H3,(H,23,26). The molecule has 0 aliphatic carbocycles. The summed E-state index contributed by atoms with van der Waals surface area (Å²) in [5.74, 6) is 0.403. The fourth-order valence-corrected chi connectivity index (χ4v) is 4.87. The number of carbonyl (C=O) groups excluding carboxylic acids is 1. The number of pyridine rings is 1. The van der Waals surface area contributed by atoms with Crippen molar-refractivity contribution in [3.8, 4) is 11.4 Å². The van der Waals surface area contributed by atoms with Gasteiger partial charge in [0, 0.05) is 43.9 Å². The number of aryl methyl sites for hydroxylation is 1. The van der Waals surface area contributed by atoms with Crippen molar-refractivity contribution in [1.29, 1.82) is 0 Å². The molecule has 3 aromatic rings. The molecule has 0 bridgehead atoms. The average Bonchev–Trinajstić information content (AvgIpc) is 3.21. The zero-order valence-corrected chi connectivity index (χ0v) is 17.2. The van der Waals surface area contributed by atoms with Gasteiger partial charge in [-0.15, -0.1) is 0 Å². The van der Waals surface area contributed by atoms with Crippen LogP contribution in [0.5, 0.6) is 0 Å². The molecule has 0 saturated carbocycles. The molecule has 30 heavy (non-hydrogen) atoms. The van der Waals surface area contributed by atoms with Crippen LogP contribution in [-0.4, -0.2) is 46.8 Å². The maximum absolute atomic E-state index is 12.8. The molecule has 0 radical (unpaired) electrons. The molecule has 0 atom stereocenters. The van der Waals surface area contributed by atoms with Gasteiger partial charge in [0.1, 0.15) is 4.90 Å². The number of hydrogen-bond donors (Lipinski definition) is 1. The zero-order valence-electron chi connectivity index (χ0n) is 16.4. The first-order valence-corrected chi connectivity index (χ1v) is 11.0. The molecule has 1 amide bonds. The van der Waals surface area contributed by atoms with Crippen molar-refractivity contribution in [1.82, 2.24) is 19.4 Å². The summed E-state index contributed by atoms with van der Waals surface area (Å²) in [7, 11) is -3.60. The van der Waals surface area contributed by atoms with Crippen molar-refractivity contribution in [2.75, 3.05) is 18.4 Å². The molecule has 4 rings (SSSR count). The molecule has 3 heterocycles. The highest BCUT2D eigenvalue weighted by atomic mass is 32.2. The van der Waals surface area contributed by atoms with Crippen molar-refractivity contribution in [2.45, 2.75) is 24.7 Å². The molecule has 1 aliphatic rings. The molecular weight excluding hydrogens is 406 g/mol. The van der Waals surface area contributed by atoms with E-state index in [0.29, 0.717) is 35.8 Å². The van der Waals surface area contributed by atoms with Gasteiger partial charge in [-0.25, -0.2) is 8.42 Å². The summed E-state index contributed by atoms with van der Waals surface area (Å²) in [5.41, 5.74) is 1.26. The van der Waals surface area contributed by atoms with Crippen molar-refractivity contribution in [2.24, 2.45) is 5.92 Å². The van der Waals surface area contributed by atoms with Crippen molar-refractivity contribution in [3.05, 3.63) is 54.7 Å². The molecule has 0 spiro atoms. The number of anilines is 1. The quantitative estimate of drug-likeness (QED) is 0.664. The summed E-state index contributed by atoms with van der Waals surface area (Å²) < 4.78 is 31.9. The Bertz CT molecular complexity index is 1140. The highest BCUT2D eigenvalue weighted by molar-refractivity contribution is 7.89. The van der Waals surface area contributed by atoms with Gasteiger partial charge in [-0.3, -0.25) is 9.78 Å². The maximum Gasteiger partial charge on any atom is 0.244 e. The van der Waals surface area contributed by atoms with Gasteiger partial charge in [-0.1, -0.05) is 17.3 Å². The van der Waals surface area contributed by atoms with Crippen molar-refractivity contribution >= 4 is 21.6 Å². The Morgan fingerprint density at radius 3 is 2.60 bits per heavy atom. The molecule has 1 aliphatic heterocycles. The van der Waals surface area contributed by atoms with Gasteiger partial charge >= 0.3 is 0 Å². The van der Waals surface area contributed by atoms with Crippen LogP contribution in [0.1, 0.15) is 18.7 Å². The van der Waals surface area contributed by atoms with Crippen LogP contribution in [0.15, 0.2) is 58.2 Å². The minimum Gasteiger partial charge on any atom is -0.339 e. The van der Waals surface area contributed by atoms with E-state index in [0.717, 1.165) is 0 Å². The first-order chi connectivity index (χ1) is 14.4. The number of benzene rings is 1. The van der Waals surface area contributed by atoms with Gasteiger partial charge in [0.15, 0.2) is 0 Å². The molecule has 1 N–H and O–H groups in total. The van der Waals surface area contributed by atoms with E-state index in [1.165, 1.54) is 22.8 Å². The van der Waals surface area contributed by atoms with Crippen LogP contribution in [0, 0.1) is 12.8 Å². The fraction of sp³-hybridized carbons (Fsp3) is 0.300. The largest absolute Gasteiger partial charge is 0.339 e. The Balaban J connectivity index is 1.43. The van der Waals surface area contributed by atoms with Gasteiger partial charge in [0.25, 0.3) is 0 Å². The summed E-state index contributed by atoms with van der Waals surface area (Å²) in [6.07, 6.45) is 3.75. The van der Waals surface area contributed by atoms with Gasteiger partial charge < -0.3 is 9.84 Å². The van der Waals surface area contributed by atoms with E-state index in [2.05, 4.69) is 20.4 Å². The Morgan fingerprint density at radius 1 is 1.17 bits per heavy atom. The number of aromatic nitrogens is 3. The zero-order chi connectivity index (χ0) is 21.1. The number of carbonyl (C=O) groups is 1. The van der Waals surface area contributed by atoms with E-state index in [1.54, 1.807) is 19.1 Å². The first kappa shape index (κ1) is 20.2. The molecule has 0 unspecified atom stereocenters. The van der Waals surface area contributed by atoms with E-state index < -0.39 is 10.0 Å². The van der Waals surface area contributed by atoms with Crippen LogP contribution in [0.3, 0.4) is 0 Å². The lowest BCUT2D eigenvalue weighted by Crippen LogP contribution is -2.41. The Hall–Kier alpha value is -3.11. The third-order valence-electron chi connectivity index (χ3n) is 5.05. The monoisotopic (exact) mass is 427 g/mol. The summed E-state index contributed by atoms with van der Waals surface area (Å²) in [6, 6.07) is 10.4. The Kier molecular flexibility index (Phi) is 5.60. The van der Waals surface area contributed by atoms with E-state index in [1.807, 2.05) is 18.2 Å². The number of hydrogen-bond acceptors (Lipinski definition) is 7. The lowest BCUT2D eigenvalue weighted by atomic mass is 9.97. The molecule has 156 valence electrons. The first-order valence-electron chi connectivity index (χ1n) is 9.56. The predicted octanol–water partition coefficient (Wildman–Crippen LogP) is 2.48.